The van der Waals surface area contributed by atoms with Crippen molar-refractivity contribution in [2.75, 3.05) is 36.6 Å². The van der Waals surface area contributed by atoms with Crippen molar-refractivity contribution in [3.8, 4) is 11.5 Å². The lowest BCUT2D eigenvalue weighted by Crippen LogP contribution is -2.17. The number of para-hydroxylation sites is 2. The molecule has 1 aromatic heterocycles. The van der Waals surface area contributed by atoms with Crippen LogP contribution in [0.5, 0.6) is 11.5 Å². The average molecular weight is 442 g/mol. The molecule has 0 aliphatic carbocycles. The molecule has 0 bridgehead atoms. The number of hydrogen-bond acceptors (Lipinski definition) is 9. The first kappa shape index (κ1) is 22.0. The van der Waals surface area contributed by atoms with E-state index in [1.807, 2.05) is 43.3 Å². The van der Waals surface area contributed by atoms with Gasteiger partial charge in [0.1, 0.15) is 11.5 Å². The number of nitrogens with two attached hydrogens (primary N) is 1. The maximum Gasteiger partial charge on any atom is 0.264 e. The van der Waals surface area contributed by atoms with Gasteiger partial charge in [0.25, 0.3) is 5.95 Å². The second-order valence-electron chi connectivity index (χ2n) is 6.25. The highest BCUT2D eigenvalue weighted by atomic mass is 32.2. The topological polar surface area (TPSA) is 129 Å². The number of methoxy groups -OCH3 is 2. The highest BCUT2D eigenvalue weighted by molar-refractivity contribution is 7.99. The van der Waals surface area contributed by atoms with Crippen molar-refractivity contribution < 1.29 is 14.3 Å². The number of hydrazone groups is 1. The molecule has 10 nitrogen and oxygen atoms in total. The molecular formula is C20H23N7O3S. The van der Waals surface area contributed by atoms with E-state index < -0.39 is 0 Å². The molecule has 0 saturated heterocycles. The fourth-order valence-corrected chi connectivity index (χ4v) is 3.20. The zero-order valence-corrected chi connectivity index (χ0v) is 18.1. The van der Waals surface area contributed by atoms with Crippen LogP contribution >= 0.6 is 11.8 Å². The van der Waals surface area contributed by atoms with Crippen LogP contribution in [0.25, 0.3) is 0 Å². The Balaban J connectivity index is 1.57. The van der Waals surface area contributed by atoms with Crippen LogP contribution in [-0.2, 0) is 4.79 Å². The number of rotatable bonds is 9. The predicted octanol–water partition coefficient (Wildman–Crippen LogP) is 2.58. The van der Waals surface area contributed by atoms with Gasteiger partial charge in [0.2, 0.25) is 11.1 Å². The van der Waals surface area contributed by atoms with E-state index in [-0.39, 0.29) is 17.6 Å². The SMILES string of the molecule is COc1ccc(/C(C)=N/Nc2nnc(SCC(=O)Nc3ccccc3OC)n2N)cc1. The van der Waals surface area contributed by atoms with Crippen LogP contribution in [0.4, 0.5) is 11.6 Å². The van der Waals surface area contributed by atoms with Crippen LogP contribution in [0.1, 0.15) is 12.5 Å². The van der Waals surface area contributed by atoms with Gasteiger partial charge in [-0.05, 0) is 48.9 Å². The van der Waals surface area contributed by atoms with Gasteiger partial charge in [-0.2, -0.15) is 5.10 Å². The lowest BCUT2D eigenvalue weighted by atomic mass is 10.1. The highest BCUT2D eigenvalue weighted by Gasteiger charge is 2.13. The summed E-state index contributed by atoms with van der Waals surface area (Å²) in [5.74, 6) is 7.50. The molecule has 0 aliphatic rings. The molecule has 4 N–H and O–H groups in total. The number of nitrogens with zero attached hydrogens (tertiary/aromatic N) is 4. The van der Waals surface area contributed by atoms with Gasteiger partial charge in [-0.3, -0.25) is 4.79 Å². The fourth-order valence-electron chi connectivity index (χ4n) is 2.55. The first-order chi connectivity index (χ1) is 15.0. The number of nitrogen functional groups attached to an aromatic ring is 1. The van der Waals surface area contributed by atoms with Crippen LogP contribution in [0.15, 0.2) is 58.8 Å². The Kier molecular flexibility index (Phi) is 7.33. The minimum absolute atomic E-state index is 0.0987. The van der Waals surface area contributed by atoms with Gasteiger partial charge < -0.3 is 20.6 Å². The number of nitrogens with one attached hydrogen (secondary N) is 2. The third-order valence-corrected chi connectivity index (χ3v) is 5.15. The van der Waals surface area contributed by atoms with Gasteiger partial charge in [-0.15, -0.1) is 10.2 Å². The maximum absolute atomic E-state index is 12.3. The van der Waals surface area contributed by atoms with Crippen molar-refractivity contribution in [3.63, 3.8) is 0 Å². The summed E-state index contributed by atoms with van der Waals surface area (Å²) in [6.45, 7) is 1.85. The first-order valence-electron chi connectivity index (χ1n) is 9.22. The Bertz CT molecular complexity index is 1070. The second-order valence-corrected chi connectivity index (χ2v) is 7.19. The molecule has 3 rings (SSSR count). The van der Waals surface area contributed by atoms with E-state index in [1.165, 1.54) is 4.68 Å². The van der Waals surface area contributed by atoms with Gasteiger partial charge in [-0.1, -0.05) is 23.9 Å². The summed E-state index contributed by atoms with van der Waals surface area (Å²) >= 11 is 1.15. The normalized spacial score (nSPS) is 11.1. The smallest absolute Gasteiger partial charge is 0.264 e. The van der Waals surface area contributed by atoms with Gasteiger partial charge in [0.15, 0.2) is 0 Å². The Morgan fingerprint density at radius 2 is 1.87 bits per heavy atom. The molecule has 0 radical (unpaired) electrons. The van der Waals surface area contributed by atoms with Gasteiger partial charge >= 0.3 is 0 Å². The summed E-state index contributed by atoms with van der Waals surface area (Å²) in [7, 11) is 3.16. The molecule has 1 amide bonds. The number of thioether (sulfide) groups is 1. The molecular weight excluding hydrogens is 418 g/mol. The molecule has 0 fully saturated rings. The van der Waals surface area contributed by atoms with E-state index in [0.29, 0.717) is 16.6 Å². The Labute approximate surface area is 183 Å². The summed E-state index contributed by atoms with van der Waals surface area (Å²) in [5, 5.41) is 15.4. The summed E-state index contributed by atoms with van der Waals surface area (Å²) < 4.78 is 11.6. The van der Waals surface area contributed by atoms with Crippen molar-refractivity contribution in [2.24, 2.45) is 5.10 Å². The molecule has 11 heteroatoms. The molecule has 3 aromatic rings. The predicted molar refractivity (Wildman–Crippen MR) is 121 cm³/mol. The number of hydrogen-bond donors (Lipinski definition) is 3. The van der Waals surface area contributed by atoms with E-state index in [9.17, 15) is 4.79 Å². The van der Waals surface area contributed by atoms with Crippen LogP contribution in [0.3, 0.4) is 0 Å². The Hall–Kier alpha value is -3.73. The number of ether oxygens (including phenoxy) is 2. The van der Waals surface area contributed by atoms with Crippen molar-refractivity contribution in [1.29, 1.82) is 0 Å². The largest absolute Gasteiger partial charge is 0.497 e. The summed E-state index contributed by atoms with van der Waals surface area (Å²) in [6.07, 6.45) is 0. The number of aromatic nitrogens is 3. The van der Waals surface area contributed by atoms with Crippen LogP contribution < -0.4 is 26.1 Å². The van der Waals surface area contributed by atoms with E-state index in [4.69, 9.17) is 15.3 Å². The van der Waals surface area contributed by atoms with E-state index in [0.717, 1.165) is 28.8 Å². The number of carbonyl (C=O) groups excluding carboxylic acids is 1. The molecule has 0 atom stereocenters. The van der Waals surface area contributed by atoms with Crippen molar-refractivity contribution in [3.05, 3.63) is 54.1 Å². The van der Waals surface area contributed by atoms with Gasteiger partial charge in [0, 0.05) is 0 Å². The maximum atomic E-state index is 12.3. The zero-order valence-electron chi connectivity index (χ0n) is 17.3. The first-order valence-corrected chi connectivity index (χ1v) is 10.2. The molecule has 0 saturated carbocycles. The third kappa shape index (κ3) is 5.66. The molecule has 0 unspecified atom stereocenters. The van der Waals surface area contributed by atoms with Crippen LogP contribution in [0, 0.1) is 0 Å². The second kappa shape index (κ2) is 10.3. The van der Waals surface area contributed by atoms with Crippen LogP contribution in [-0.4, -0.2) is 46.5 Å². The minimum atomic E-state index is -0.222. The fraction of sp³-hybridized carbons (Fsp3) is 0.200. The Morgan fingerprint density at radius 3 is 2.58 bits per heavy atom. The van der Waals surface area contributed by atoms with Crippen molar-refractivity contribution in [1.82, 2.24) is 14.9 Å². The monoisotopic (exact) mass is 441 g/mol. The molecule has 2 aromatic carbocycles. The number of carbonyl (C=O) groups is 1. The van der Waals surface area contributed by atoms with Gasteiger partial charge in [0.05, 0.1) is 31.4 Å². The number of benzene rings is 2. The quantitative estimate of drug-likeness (QED) is 0.200. The summed E-state index contributed by atoms with van der Waals surface area (Å²) in [4.78, 5) is 12.3. The number of anilines is 2. The van der Waals surface area contributed by atoms with Gasteiger partial charge in [-0.25, -0.2) is 10.1 Å². The van der Waals surface area contributed by atoms with E-state index in [2.05, 4.69) is 26.0 Å². The molecule has 1 heterocycles. The van der Waals surface area contributed by atoms with Crippen molar-refractivity contribution in [2.45, 2.75) is 12.1 Å². The summed E-state index contributed by atoms with van der Waals surface area (Å²) in [5.41, 5.74) is 5.03. The molecule has 0 aliphatic heterocycles. The number of amides is 1. The zero-order chi connectivity index (χ0) is 22.2. The van der Waals surface area contributed by atoms with Crippen molar-refractivity contribution >= 4 is 35.0 Å². The lowest BCUT2D eigenvalue weighted by Gasteiger charge is -2.09. The standard InChI is InChI=1S/C20H23N7O3S/c1-13(14-8-10-15(29-2)11-9-14)23-24-19-25-26-20(27(19)21)31-12-18(28)22-16-6-4-5-7-17(16)30-3/h4-11H,12,21H2,1-3H3,(H,22,28)(H,24,25)/b23-13+. The minimum Gasteiger partial charge on any atom is -0.497 e. The average Bonchev–Trinajstić information content (AvgIpc) is 3.15. The highest BCUT2D eigenvalue weighted by Crippen LogP contribution is 2.24. The lowest BCUT2D eigenvalue weighted by molar-refractivity contribution is -0.113. The third-order valence-electron chi connectivity index (χ3n) is 4.21. The van der Waals surface area contributed by atoms with Crippen LogP contribution in [0.2, 0.25) is 0 Å². The molecule has 0 spiro atoms. The molecule has 162 valence electrons. The van der Waals surface area contributed by atoms with E-state index >= 15 is 0 Å². The summed E-state index contributed by atoms with van der Waals surface area (Å²) in [6, 6.07) is 14.7. The van der Waals surface area contributed by atoms with E-state index in [1.54, 1.807) is 26.4 Å². The Morgan fingerprint density at radius 1 is 1.13 bits per heavy atom. The molecule has 31 heavy (non-hydrogen) atoms.